The highest BCUT2D eigenvalue weighted by Crippen LogP contribution is 2.40. The second-order valence-corrected chi connectivity index (χ2v) is 16.3. The van der Waals surface area contributed by atoms with Crippen LogP contribution in [0.2, 0.25) is 23.2 Å². The standard InChI is InChI=1S/C25H37ClFN5O3Si/c1-14(2)29-24-30-19-11-32(23(28)34)12-20(33)21(19)22(31-24)16(13-35-36(6,7)25(3,4)5)15-8-9-18(27)17(26)10-15/h8-10,14,16,20,33H,11-13H2,1-7H3,(H2,28,34)(H,29,30,31)/t16-,20?/m0/s1. The number of β-amino-alcohol motifs (C(OH)–C–C–N with tert-alkyl or cyclic N) is 1. The Hall–Kier alpha value is -2.27. The van der Waals surface area contributed by atoms with Crippen LogP contribution in [-0.4, -0.2) is 53.5 Å². The predicted molar refractivity (Wildman–Crippen MR) is 142 cm³/mol. The number of aliphatic hydroxyl groups excluding tert-OH is 1. The average Bonchev–Trinajstić information content (AvgIpc) is 2.74. The zero-order valence-electron chi connectivity index (χ0n) is 22.0. The molecule has 11 heteroatoms. The summed E-state index contributed by atoms with van der Waals surface area (Å²) in [6.07, 6.45) is -1.05. The number of hydrogen-bond acceptors (Lipinski definition) is 6. The Bertz CT molecular complexity index is 1130. The minimum atomic E-state index is -2.17. The molecule has 2 amide bonds. The quantitative estimate of drug-likeness (QED) is 0.420. The second kappa shape index (κ2) is 10.6. The molecular formula is C25H37ClFN5O3Si. The van der Waals surface area contributed by atoms with E-state index in [0.29, 0.717) is 28.5 Å². The minimum Gasteiger partial charge on any atom is -0.416 e. The smallest absolute Gasteiger partial charge is 0.315 e. The number of benzene rings is 1. The van der Waals surface area contributed by atoms with E-state index in [-0.39, 0.29) is 35.8 Å². The third-order valence-corrected chi connectivity index (χ3v) is 11.7. The molecular weight excluding hydrogens is 501 g/mol. The van der Waals surface area contributed by atoms with Crippen molar-refractivity contribution in [2.75, 3.05) is 18.5 Å². The van der Waals surface area contributed by atoms with Gasteiger partial charge in [-0.1, -0.05) is 38.4 Å². The lowest BCUT2D eigenvalue weighted by molar-refractivity contribution is 0.104. The van der Waals surface area contributed by atoms with Crippen molar-refractivity contribution >= 4 is 31.9 Å². The molecule has 0 bridgehead atoms. The van der Waals surface area contributed by atoms with Gasteiger partial charge in [0.15, 0.2) is 8.32 Å². The number of aliphatic hydroxyl groups is 1. The lowest BCUT2D eigenvalue weighted by Crippen LogP contribution is -2.43. The topological polar surface area (TPSA) is 114 Å². The highest BCUT2D eigenvalue weighted by atomic mass is 35.5. The first-order valence-electron chi connectivity index (χ1n) is 12.1. The summed E-state index contributed by atoms with van der Waals surface area (Å²) in [5.41, 5.74) is 7.82. The number of nitrogens with zero attached hydrogens (tertiary/aromatic N) is 3. The summed E-state index contributed by atoms with van der Waals surface area (Å²) in [5, 5.41) is 14.3. The van der Waals surface area contributed by atoms with Crippen molar-refractivity contribution in [2.45, 2.75) is 77.4 Å². The molecule has 1 aliphatic heterocycles. The van der Waals surface area contributed by atoms with Crippen LogP contribution in [0.3, 0.4) is 0 Å². The highest BCUT2D eigenvalue weighted by Gasteiger charge is 2.39. The first kappa shape index (κ1) is 28.3. The van der Waals surface area contributed by atoms with Gasteiger partial charge in [-0.25, -0.2) is 19.2 Å². The molecule has 4 N–H and O–H groups in total. The van der Waals surface area contributed by atoms with Crippen LogP contribution >= 0.6 is 11.6 Å². The largest absolute Gasteiger partial charge is 0.416 e. The number of halogens is 2. The van der Waals surface area contributed by atoms with E-state index in [0.717, 1.165) is 0 Å². The first-order valence-corrected chi connectivity index (χ1v) is 15.4. The van der Waals surface area contributed by atoms with Gasteiger partial charge in [0.2, 0.25) is 5.95 Å². The maximum absolute atomic E-state index is 14.1. The number of hydrogen-bond donors (Lipinski definition) is 3. The van der Waals surface area contributed by atoms with E-state index in [1.165, 1.54) is 11.0 Å². The van der Waals surface area contributed by atoms with E-state index in [1.807, 2.05) is 13.8 Å². The number of anilines is 1. The molecule has 36 heavy (non-hydrogen) atoms. The van der Waals surface area contributed by atoms with Crippen LogP contribution < -0.4 is 11.1 Å². The SMILES string of the molecule is CC(C)Nc1nc2c(c([C@@H](CO[Si](C)(C)C(C)(C)C)c3ccc(F)c(Cl)c3)n1)C(O)CN(C(N)=O)C2. The lowest BCUT2D eigenvalue weighted by atomic mass is 9.88. The van der Waals surface area contributed by atoms with Gasteiger partial charge in [-0.2, -0.15) is 0 Å². The summed E-state index contributed by atoms with van der Waals surface area (Å²) in [6, 6.07) is 3.96. The van der Waals surface area contributed by atoms with Gasteiger partial charge in [-0.05, 0) is 49.7 Å². The summed E-state index contributed by atoms with van der Waals surface area (Å²) >= 11 is 6.17. The number of carbonyl (C=O) groups is 1. The number of nitrogens with two attached hydrogens (primary N) is 1. The number of rotatable bonds is 7. The predicted octanol–water partition coefficient (Wildman–Crippen LogP) is 5.17. The first-order chi connectivity index (χ1) is 16.6. The van der Waals surface area contributed by atoms with Gasteiger partial charge >= 0.3 is 6.03 Å². The number of urea groups is 1. The molecule has 0 saturated carbocycles. The Morgan fingerprint density at radius 3 is 2.58 bits per heavy atom. The van der Waals surface area contributed by atoms with E-state index in [1.54, 1.807) is 12.1 Å². The van der Waals surface area contributed by atoms with Gasteiger partial charge in [0.25, 0.3) is 0 Å². The third kappa shape index (κ3) is 6.16. The molecule has 0 radical (unpaired) electrons. The van der Waals surface area contributed by atoms with E-state index in [4.69, 9.17) is 26.7 Å². The molecule has 3 rings (SSSR count). The van der Waals surface area contributed by atoms with E-state index in [2.05, 4.69) is 44.2 Å². The monoisotopic (exact) mass is 537 g/mol. The van der Waals surface area contributed by atoms with Crippen molar-refractivity contribution in [3.8, 4) is 0 Å². The molecule has 0 aliphatic carbocycles. The van der Waals surface area contributed by atoms with Gasteiger partial charge < -0.3 is 25.5 Å². The molecule has 2 heterocycles. The van der Waals surface area contributed by atoms with Gasteiger partial charge in [-0.3, -0.25) is 0 Å². The van der Waals surface area contributed by atoms with Crippen LogP contribution in [0.5, 0.6) is 0 Å². The van der Waals surface area contributed by atoms with Crippen molar-refractivity contribution in [2.24, 2.45) is 5.73 Å². The Labute approximate surface area is 218 Å². The maximum atomic E-state index is 14.1. The van der Waals surface area contributed by atoms with E-state index >= 15 is 0 Å². The molecule has 1 aromatic heterocycles. The van der Waals surface area contributed by atoms with Gasteiger partial charge in [-0.15, -0.1) is 0 Å². The van der Waals surface area contributed by atoms with Crippen LogP contribution in [0.15, 0.2) is 18.2 Å². The average molecular weight is 538 g/mol. The normalized spacial score (nSPS) is 17.2. The van der Waals surface area contributed by atoms with Crippen LogP contribution in [0.25, 0.3) is 0 Å². The van der Waals surface area contributed by atoms with E-state index in [9.17, 15) is 14.3 Å². The second-order valence-electron chi connectivity index (χ2n) is 11.1. The Balaban J connectivity index is 2.20. The highest BCUT2D eigenvalue weighted by molar-refractivity contribution is 6.74. The molecule has 1 unspecified atom stereocenters. The lowest BCUT2D eigenvalue weighted by Gasteiger charge is -2.38. The fourth-order valence-electron chi connectivity index (χ4n) is 3.89. The van der Waals surface area contributed by atoms with Crippen molar-refractivity contribution in [1.29, 1.82) is 0 Å². The fourth-order valence-corrected chi connectivity index (χ4v) is 5.10. The molecule has 2 aromatic rings. The Morgan fingerprint density at radius 2 is 2.03 bits per heavy atom. The van der Waals surface area contributed by atoms with Crippen molar-refractivity contribution < 1.29 is 18.7 Å². The summed E-state index contributed by atoms with van der Waals surface area (Å²) in [7, 11) is -2.17. The minimum absolute atomic E-state index is 0.00580. The zero-order valence-corrected chi connectivity index (χ0v) is 23.8. The fraction of sp³-hybridized carbons (Fsp3) is 0.560. The number of carbonyl (C=O) groups excluding carboxylic acids is 1. The number of fused-ring (bicyclic) bond motifs is 1. The number of amides is 2. The van der Waals surface area contributed by atoms with Crippen LogP contribution in [0.4, 0.5) is 15.1 Å². The van der Waals surface area contributed by atoms with Gasteiger partial charge in [0.1, 0.15) is 11.9 Å². The van der Waals surface area contributed by atoms with Gasteiger partial charge in [0.05, 0.1) is 29.5 Å². The summed E-state index contributed by atoms with van der Waals surface area (Å²) < 4.78 is 20.7. The summed E-state index contributed by atoms with van der Waals surface area (Å²) in [4.78, 5) is 22.7. The molecule has 1 aliphatic rings. The zero-order chi connectivity index (χ0) is 27.0. The molecule has 1 aromatic carbocycles. The van der Waals surface area contributed by atoms with Crippen molar-refractivity contribution in [3.05, 3.63) is 51.6 Å². The van der Waals surface area contributed by atoms with Crippen molar-refractivity contribution in [3.63, 3.8) is 0 Å². The van der Waals surface area contributed by atoms with Crippen LogP contribution in [0.1, 0.15) is 69.2 Å². The Morgan fingerprint density at radius 1 is 1.36 bits per heavy atom. The molecule has 0 saturated heterocycles. The molecule has 0 spiro atoms. The molecule has 2 atom stereocenters. The third-order valence-electron chi connectivity index (χ3n) is 6.94. The van der Waals surface area contributed by atoms with Gasteiger partial charge in [0, 0.05) is 24.1 Å². The summed E-state index contributed by atoms with van der Waals surface area (Å²) in [5.74, 6) is -0.618. The van der Waals surface area contributed by atoms with Crippen molar-refractivity contribution in [1.82, 2.24) is 14.9 Å². The van der Waals surface area contributed by atoms with Crippen LogP contribution in [0, 0.1) is 5.82 Å². The Kier molecular flexibility index (Phi) is 8.34. The van der Waals surface area contributed by atoms with Crippen LogP contribution in [-0.2, 0) is 11.0 Å². The maximum Gasteiger partial charge on any atom is 0.315 e. The number of aromatic nitrogens is 2. The molecule has 8 nitrogen and oxygen atoms in total. The number of nitrogens with one attached hydrogen (secondary N) is 1. The molecule has 198 valence electrons. The van der Waals surface area contributed by atoms with E-state index < -0.39 is 32.2 Å². The number of primary amides is 1. The summed E-state index contributed by atoms with van der Waals surface area (Å²) in [6.45, 7) is 15.1. The molecule has 0 fully saturated rings.